The number of hydrogen-bond acceptors (Lipinski definition) is 0. The number of hydrogen-bond donors (Lipinski definition) is 0. The van der Waals surface area contributed by atoms with E-state index < -0.39 is 0 Å². The van der Waals surface area contributed by atoms with Gasteiger partial charge in [0.15, 0.2) is 0 Å². The summed E-state index contributed by atoms with van der Waals surface area (Å²) in [6, 6.07) is 0. The summed E-state index contributed by atoms with van der Waals surface area (Å²) < 4.78 is 0. The summed E-state index contributed by atoms with van der Waals surface area (Å²) in [5, 5.41) is 0. The van der Waals surface area contributed by atoms with Gasteiger partial charge in [-0.1, -0.05) is 225 Å². The first kappa shape index (κ1) is 73.1. The van der Waals surface area contributed by atoms with E-state index in [1.165, 1.54) is 160 Å². The second kappa shape index (κ2) is 33.5. The summed E-state index contributed by atoms with van der Waals surface area (Å²) in [5.41, 5.74) is 3.51. The minimum absolute atomic E-state index is 0.681. The molecule has 12 aliphatic carbocycles. The van der Waals surface area contributed by atoms with E-state index in [1.807, 2.05) is 0 Å². The average molecular weight is 1080 g/mol. The molecule has 0 heteroatoms. The van der Waals surface area contributed by atoms with Crippen LogP contribution in [-0.2, 0) is 0 Å². The van der Waals surface area contributed by atoms with E-state index in [-0.39, 0.29) is 0 Å². The van der Waals surface area contributed by atoms with E-state index in [4.69, 9.17) is 0 Å². The first-order valence-corrected chi connectivity index (χ1v) is 35.5. The van der Waals surface area contributed by atoms with Crippen molar-refractivity contribution < 1.29 is 0 Å². The van der Waals surface area contributed by atoms with Gasteiger partial charge in [0.05, 0.1) is 0 Å². The molecule has 0 bridgehead atoms. The molecule has 0 radical (unpaired) electrons. The first-order valence-electron chi connectivity index (χ1n) is 35.5. The van der Waals surface area contributed by atoms with Gasteiger partial charge in [-0.25, -0.2) is 0 Å². The van der Waals surface area contributed by atoms with Gasteiger partial charge in [-0.05, 0) is 268 Å². The smallest absolute Gasteiger partial charge is 0.0328 e. The predicted octanol–water partition coefficient (Wildman–Crippen LogP) is 26.3. The topological polar surface area (TPSA) is 0 Å². The Kier molecular flexibility index (Phi) is 31.8. The van der Waals surface area contributed by atoms with Crippen LogP contribution in [0.2, 0.25) is 0 Å². The second-order valence-electron chi connectivity index (χ2n) is 35.0. The molecule has 8 unspecified atom stereocenters. The number of rotatable bonds is 5. The summed E-state index contributed by atoms with van der Waals surface area (Å²) in [6.45, 7) is 63.1. The van der Waals surface area contributed by atoms with Crippen LogP contribution in [0.25, 0.3) is 0 Å². The Bertz CT molecular complexity index is 1370. The lowest BCUT2D eigenvalue weighted by Crippen LogP contribution is -2.31. The van der Waals surface area contributed by atoms with E-state index in [0.29, 0.717) is 21.7 Å². The maximum atomic E-state index is 2.39. The monoisotopic (exact) mass is 1080 g/mol. The lowest BCUT2D eigenvalue weighted by atomic mass is 9.64. The molecule has 0 nitrogen and oxygen atoms in total. The van der Waals surface area contributed by atoms with Crippen LogP contribution in [0.15, 0.2) is 0 Å². The highest BCUT2D eigenvalue weighted by molar-refractivity contribution is 4.94. The minimum Gasteiger partial charge on any atom is -0.0651 e. The van der Waals surface area contributed by atoms with Crippen molar-refractivity contribution in [3.05, 3.63) is 0 Å². The normalized spacial score (nSPS) is 39.3. The SMILES string of the molecule is CC1CC(C)(C)C1.CC1CC(C)(C)C1.CC1CC(C)C1C.CC1CCC1(C)C.CC1C[C@H](C)C1C.CCC1(C)CCC1.CCC1CC(C)C1.CCC1CC(C)C1.CCC1CCC1C.C[C@H]1CC1C1CC1.C[C@H]1CCC1(C)C. The zero-order valence-corrected chi connectivity index (χ0v) is 58.9. The van der Waals surface area contributed by atoms with Crippen molar-refractivity contribution in [3.63, 3.8) is 0 Å². The van der Waals surface area contributed by atoms with Crippen LogP contribution in [0.5, 0.6) is 0 Å². The molecule has 12 aliphatic rings. The maximum Gasteiger partial charge on any atom is -0.0328 e. The fraction of sp³-hybridized carbons (Fsp3) is 1.00. The highest BCUT2D eigenvalue weighted by Crippen LogP contribution is 2.54. The Hall–Kier alpha value is 0. The molecular formula is C77H152. The highest BCUT2D eigenvalue weighted by atomic mass is 14.5. The summed E-state index contributed by atoms with van der Waals surface area (Å²) in [6.07, 6.45) is 38.1. The molecule has 0 amide bonds. The van der Waals surface area contributed by atoms with E-state index in [2.05, 4.69) is 187 Å². The standard InChI is InChI=1S/C7H12.10C7H14/c1-5-4-7(5)6-2-3-6;2*1-6-4-7(2,3)5-6;2*1-6-4-5-7(6,2)3;2*1-5-4-6(2)7(5)3;2*1-3-7-4-6(2)5-7;1-3-7(2)5-4-6-7;1-3-7-5-4-6(7)2/h5-7H,2-4H2,1H3;4*6H,4-5H2,1-3H3;2*5-7H,4H2,1-3H3;2*6-7H,3-5H2,1-2H3;3-6H2,1-2H3;6-7H,3-5H2,1-2H3/t5-,7?;;;6-;;5-,6?,7?;;;;;/m0..0.0...../s1. The summed E-state index contributed by atoms with van der Waals surface area (Å²) in [7, 11) is 0. The molecular weight excluding hydrogens is 925 g/mol. The Morgan fingerprint density at radius 3 is 0.701 bits per heavy atom. The molecule has 0 spiro atoms. The van der Waals surface area contributed by atoms with E-state index in [0.717, 1.165) is 106 Å². The predicted molar refractivity (Wildman–Crippen MR) is 352 cm³/mol. The van der Waals surface area contributed by atoms with E-state index >= 15 is 0 Å². The van der Waals surface area contributed by atoms with Gasteiger partial charge in [-0.3, -0.25) is 0 Å². The van der Waals surface area contributed by atoms with Gasteiger partial charge >= 0.3 is 0 Å². The summed E-state index contributed by atoms with van der Waals surface area (Å²) in [5.74, 6) is 19.9. The molecule has 0 aromatic rings. The highest BCUT2D eigenvalue weighted by Gasteiger charge is 2.44. The molecule has 0 aliphatic heterocycles. The van der Waals surface area contributed by atoms with Crippen LogP contribution < -0.4 is 0 Å². The van der Waals surface area contributed by atoms with Crippen LogP contribution in [0.1, 0.15) is 354 Å². The molecule has 0 aromatic carbocycles. The third kappa shape index (κ3) is 27.5. The third-order valence-corrected chi connectivity index (χ3v) is 25.0. The second-order valence-corrected chi connectivity index (χ2v) is 35.0. The zero-order valence-electron chi connectivity index (χ0n) is 58.9. The quantitative estimate of drug-likeness (QED) is 0.257. The fourth-order valence-corrected chi connectivity index (χ4v) is 15.2. The molecule has 12 rings (SSSR count). The van der Waals surface area contributed by atoms with Crippen molar-refractivity contribution in [1.82, 2.24) is 0 Å². The average Bonchev–Trinajstić information content (AvgIpc) is 4.28. The largest absolute Gasteiger partial charge is 0.0651 e. The molecule has 0 N–H and O–H groups in total. The van der Waals surface area contributed by atoms with Gasteiger partial charge in [-0.2, -0.15) is 0 Å². The molecule has 77 heavy (non-hydrogen) atoms. The van der Waals surface area contributed by atoms with Gasteiger partial charge in [0.25, 0.3) is 0 Å². The minimum atomic E-state index is 0.681. The van der Waals surface area contributed by atoms with Gasteiger partial charge in [0.1, 0.15) is 0 Å². The van der Waals surface area contributed by atoms with Gasteiger partial charge in [0, 0.05) is 0 Å². The van der Waals surface area contributed by atoms with Gasteiger partial charge in [0.2, 0.25) is 0 Å². The zero-order chi connectivity index (χ0) is 58.9. The summed E-state index contributed by atoms with van der Waals surface area (Å²) in [4.78, 5) is 0. The van der Waals surface area contributed by atoms with Crippen LogP contribution in [0.4, 0.5) is 0 Å². The van der Waals surface area contributed by atoms with Crippen molar-refractivity contribution in [2.24, 2.45) is 140 Å². The van der Waals surface area contributed by atoms with Crippen molar-refractivity contribution in [3.8, 4) is 0 Å². The van der Waals surface area contributed by atoms with Crippen LogP contribution in [0, 0.1) is 140 Å². The van der Waals surface area contributed by atoms with Crippen molar-refractivity contribution in [1.29, 1.82) is 0 Å². The van der Waals surface area contributed by atoms with E-state index in [1.54, 1.807) is 19.3 Å². The fourth-order valence-electron chi connectivity index (χ4n) is 15.2. The molecule has 460 valence electrons. The Labute approximate surface area is 490 Å². The van der Waals surface area contributed by atoms with Crippen molar-refractivity contribution in [2.45, 2.75) is 354 Å². The molecule has 12 saturated carbocycles. The molecule has 11 atom stereocenters. The molecule has 0 heterocycles. The van der Waals surface area contributed by atoms with Gasteiger partial charge < -0.3 is 0 Å². The Morgan fingerprint density at radius 1 is 0.338 bits per heavy atom. The summed E-state index contributed by atoms with van der Waals surface area (Å²) >= 11 is 0. The maximum absolute atomic E-state index is 2.39. The van der Waals surface area contributed by atoms with Crippen LogP contribution >= 0.6 is 0 Å². The van der Waals surface area contributed by atoms with Crippen molar-refractivity contribution in [2.75, 3.05) is 0 Å². The van der Waals surface area contributed by atoms with Crippen LogP contribution in [-0.4, -0.2) is 0 Å². The van der Waals surface area contributed by atoms with E-state index in [9.17, 15) is 0 Å². The molecule has 0 aromatic heterocycles. The van der Waals surface area contributed by atoms with Crippen LogP contribution in [0.3, 0.4) is 0 Å². The van der Waals surface area contributed by atoms with Crippen molar-refractivity contribution >= 4 is 0 Å². The molecule has 0 saturated heterocycles. The lowest BCUT2D eigenvalue weighted by Gasteiger charge is -2.42. The van der Waals surface area contributed by atoms with Gasteiger partial charge in [-0.15, -0.1) is 0 Å². The Morgan fingerprint density at radius 2 is 0.675 bits per heavy atom. The Balaban J connectivity index is 0.000000290. The first-order chi connectivity index (χ1) is 35.5. The third-order valence-electron chi connectivity index (χ3n) is 25.0. The molecule has 12 fully saturated rings. The lowest BCUT2D eigenvalue weighted by molar-refractivity contribution is 0.0891.